The van der Waals surface area contributed by atoms with Crippen molar-refractivity contribution in [2.75, 3.05) is 19.7 Å². The number of nitrogens with zero attached hydrogens (tertiary/aromatic N) is 1. The van der Waals surface area contributed by atoms with Gasteiger partial charge in [-0.25, -0.2) is 4.98 Å². The molecule has 0 spiro atoms. The molecule has 9 heteroatoms. The van der Waals surface area contributed by atoms with Crippen LogP contribution in [0.2, 0.25) is 0 Å². The largest absolute Gasteiger partial charge is 0.481 e. The van der Waals surface area contributed by atoms with E-state index in [-0.39, 0.29) is 30.0 Å². The van der Waals surface area contributed by atoms with Gasteiger partial charge in [0.05, 0.1) is 18.6 Å². The molecule has 31 heavy (non-hydrogen) atoms. The lowest BCUT2D eigenvalue weighted by atomic mass is 9.77. The molecule has 0 aromatic carbocycles. The zero-order valence-electron chi connectivity index (χ0n) is 18.6. The van der Waals surface area contributed by atoms with Gasteiger partial charge in [-0.3, -0.25) is 14.4 Å². The van der Waals surface area contributed by atoms with E-state index in [0.717, 1.165) is 39.5 Å². The predicted molar refractivity (Wildman–Crippen MR) is 115 cm³/mol. The van der Waals surface area contributed by atoms with Crippen LogP contribution in [0.1, 0.15) is 49.7 Å². The Bertz CT molecular complexity index is 847. The van der Waals surface area contributed by atoms with E-state index in [2.05, 4.69) is 20.6 Å². The summed E-state index contributed by atoms with van der Waals surface area (Å²) in [5, 5.41) is 14.1. The van der Waals surface area contributed by atoms with Gasteiger partial charge in [-0.2, -0.15) is 0 Å². The number of H-pyrrole nitrogens is 1. The molecule has 4 rings (SSSR count). The quantitative estimate of drug-likeness (QED) is 0.523. The van der Waals surface area contributed by atoms with Gasteiger partial charge in [-0.1, -0.05) is 0 Å². The summed E-state index contributed by atoms with van der Waals surface area (Å²) in [6.45, 7) is 7.49. The Labute approximate surface area is 182 Å². The summed E-state index contributed by atoms with van der Waals surface area (Å²) in [7, 11) is 0. The molecule has 3 fully saturated rings. The fraction of sp³-hybridized carbons (Fsp3) is 0.727. The number of aromatic nitrogens is 2. The second-order valence-electron chi connectivity index (χ2n) is 9.05. The van der Waals surface area contributed by atoms with Crippen molar-refractivity contribution < 1.29 is 19.4 Å². The van der Waals surface area contributed by atoms with E-state index < -0.39 is 5.97 Å². The number of nitrogens with one attached hydrogen (secondary N) is 3. The van der Waals surface area contributed by atoms with Gasteiger partial charge < -0.3 is 25.5 Å². The molecule has 1 aromatic rings. The molecule has 1 aromatic heterocycles. The van der Waals surface area contributed by atoms with Gasteiger partial charge in [0.25, 0.3) is 11.5 Å². The SMILES string of the molecule is CC(=O)O.Cc1nc(C)c(CC(=O)N[C@H]2C[C@H]3CNC[C@H]3C[C@@H]2OCC2CC2)c(=O)[nH]1. The number of aryl methyl sites for hydroxylation is 2. The number of ether oxygens (including phenoxy) is 1. The van der Waals surface area contributed by atoms with Crippen molar-refractivity contribution in [3.63, 3.8) is 0 Å². The van der Waals surface area contributed by atoms with E-state index in [1.54, 1.807) is 13.8 Å². The van der Waals surface area contributed by atoms with Gasteiger partial charge in [0.15, 0.2) is 0 Å². The third-order valence-electron chi connectivity index (χ3n) is 6.29. The van der Waals surface area contributed by atoms with Crippen LogP contribution in [0.15, 0.2) is 4.79 Å². The van der Waals surface area contributed by atoms with E-state index >= 15 is 0 Å². The number of carbonyl (C=O) groups excluding carboxylic acids is 1. The topological polar surface area (TPSA) is 133 Å². The molecular weight excluding hydrogens is 400 g/mol. The summed E-state index contributed by atoms with van der Waals surface area (Å²) in [5.41, 5.74) is 0.849. The highest BCUT2D eigenvalue weighted by molar-refractivity contribution is 5.79. The molecule has 1 aliphatic heterocycles. The molecule has 9 nitrogen and oxygen atoms in total. The van der Waals surface area contributed by atoms with Crippen molar-refractivity contribution in [2.45, 2.75) is 65.0 Å². The Kier molecular flexibility index (Phi) is 7.83. The molecule has 4 atom stereocenters. The Hall–Kier alpha value is -2.26. The number of carboxylic acid groups (broad SMARTS) is 1. The minimum atomic E-state index is -0.833. The van der Waals surface area contributed by atoms with Crippen molar-refractivity contribution >= 4 is 11.9 Å². The fourth-order valence-electron chi connectivity index (χ4n) is 4.54. The molecule has 2 heterocycles. The first-order chi connectivity index (χ1) is 14.7. The van der Waals surface area contributed by atoms with Crippen molar-refractivity contribution in [3.8, 4) is 0 Å². The highest BCUT2D eigenvalue weighted by atomic mass is 16.5. The smallest absolute Gasteiger partial charge is 0.300 e. The van der Waals surface area contributed by atoms with E-state index in [4.69, 9.17) is 14.6 Å². The first-order valence-electron chi connectivity index (χ1n) is 11.1. The van der Waals surface area contributed by atoms with Gasteiger partial charge >= 0.3 is 0 Å². The van der Waals surface area contributed by atoms with Crippen LogP contribution in [0.5, 0.6) is 0 Å². The Morgan fingerprint density at radius 1 is 1.19 bits per heavy atom. The highest BCUT2D eigenvalue weighted by Crippen LogP contribution is 2.36. The number of aromatic amines is 1. The number of carbonyl (C=O) groups is 2. The number of rotatable bonds is 6. The number of hydrogen-bond donors (Lipinski definition) is 4. The normalized spacial score (nSPS) is 27.1. The minimum absolute atomic E-state index is 0.0233. The van der Waals surface area contributed by atoms with Gasteiger partial charge in [0, 0.05) is 24.8 Å². The molecular formula is C22H34N4O5. The Morgan fingerprint density at radius 2 is 1.84 bits per heavy atom. The second kappa shape index (κ2) is 10.4. The summed E-state index contributed by atoms with van der Waals surface area (Å²) in [4.78, 5) is 40.8. The monoisotopic (exact) mass is 434 g/mol. The average molecular weight is 435 g/mol. The minimum Gasteiger partial charge on any atom is -0.481 e. The van der Waals surface area contributed by atoms with E-state index in [9.17, 15) is 9.59 Å². The van der Waals surface area contributed by atoms with Crippen LogP contribution in [-0.4, -0.2) is 58.8 Å². The molecule has 0 radical (unpaired) electrons. The summed E-state index contributed by atoms with van der Waals surface area (Å²) >= 11 is 0. The number of amides is 1. The Morgan fingerprint density at radius 3 is 2.45 bits per heavy atom. The number of hydrogen-bond acceptors (Lipinski definition) is 6. The summed E-state index contributed by atoms with van der Waals surface area (Å²) in [6.07, 6.45) is 4.61. The van der Waals surface area contributed by atoms with Crippen LogP contribution in [0, 0.1) is 31.6 Å². The molecule has 2 aliphatic carbocycles. The zero-order chi connectivity index (χ0) is 22.5. The van der Waals surface area contributed by atoms with Gasteiger partial charge in [0.2, 0.25) is 5.91 Å². The average Bonchev–Trinajstić information content (AvgIpc) is 3.39. The third kappa shape index (κ3) is 6.87. The summed E-state index contributed by atoms with van der Waals surface area (Å²) in [6, 6.07) is 0.0233. The van der Waals surface area contributed by atoms with Gasteiger partial charge in [0.1, 0.15) is 5.82 Å². The van der Waals surface area contributed by atoms with Crippen molar-refractivity contribution in [2.24, 2.45) is 17.8 Å². The Balaban J connectivity index is 0.000000628. The second-order valence-corrected chi connectivity index (χ2v) is 9.05. The van der Waals surface area contributed by atoms with Crippen LogP contribution in [-0.2, 0) is 20.7 Å². The lowest BCUT2D eigenvalue weighted by Crippen LogP contribution is -2.51. The number of carboxylic acids is 1. The fourth-order valence-corrected chi connectivity index (χ4v) is 4.54. The predicted octanol–water partition coefficient (Wildman–Crippen LogP) is 0.930. The standard InChI is InChI=1S/C20H30N4O3.C2H4O2/c1-11-16(20(26)23-12(2)22-11)7-19(25)24-17-5-14-8-21-9-15(14)6-18(17)27-10-13-3-4-13;1-2(3)4/h13-15,17-18,21H,3-10H2,1-2H3,(H,24,25)(H,22,23,26);1H3,(H,3,4)/t14-,15+,17-,18-;/m0./s1. The summed E-state index contributed by atoms with van der Waals surface area (Å²) in [5.74, 6) is 1.57. The highest BCUT2D eigenvalue weighted by Gasteiger charge is 2.41. The van der Waals surface area contributed by atoms with Crippen molar-refractivity contribution in [3.05, 3.63) is 27.4 Å². The molecule has 1 saturated heterocycles. The van der Waals surface area contributed by atoms with Crippen molar-refractivity contribution in [1.82, 2.24) is 20.6 Å². The molecule has 172 valence electrons. The molecule has 3 aliphatic rings. The van der Waals surface area contributed by atoms with Crippen molar-refractivity contribution in [1.29, 1.82) is 0 Å². The lowest BCUT2D eigenvalue weighted by Gasteiger charge is -2.38. The molecule has 0 bridgehead atoms. The van der Waals surface area contributed by atoms with Crippen LogP contribution in [0.25, 0.3) is 0 Å². The molecule has 0 unspecified atom stereocenters. The first-order valence-corrected chi connectivity index (χ1v) is 11.1. The number of aliphatic carboxylic acids is 1. The van der Waals surface area contributed by atoms with Gasteiger partial charge in [-0.15, -0.1) is 0 Å². The van der Waals surface area contributed by atoms with Crippen LogP contribution < -0.4 is 16.2 Å². The molecule has 4 N–H and O–H groups in total. The van der Waals surface area contributed by atoms with E-state index in [0.29, 0.717) is 34.8 Å². The van der Waals surface area contributed by atoms with Gasteiger partial charge in [-0.05, 0) is 70.4 Å². The van der Waals surface area contributed by atoms with E-state index in [1.807, 2.05) is 0 Å². The maximum Gasteiger partial charge on any atom is 0.300 e. The maximum absolute atomic E-state index is 12.7. The van der Waals surface area contributed by atoms with Crippen LogP contribution >= 0.6 is 0 Å². The number of fused-ring (bicyclic) bond motifs is 1. The zero-order valence-corrected chi connectivity index (χ0v) is 18.6. The molecule has 1 amide bonds. The van der Waals surface area contributed by atoms with Crippen LogP contribution in [0.3, 0.4) is 0 Å². The third-order valence-corrected chi connectivity index (χ3v) is 6.29. The maximum atomic E-state index is 12.7. The van der Waals surface area contributed by atoms with Crippen LogP contribution in [0.4, 0.5) is 0 Å². The summed E-state index contributed by atoms with van der Waals surface area (Å²) < 4.78 is 6.22. The lowest BCUT2D eigenvalue weighted by molar-refractivity contribution is -0.134. The van der Waals surface area contributed by atoms with E-state index in [1.165, 1.54) is 12.8 Å². The first kappa shape index (κ1) is 23.4. The molecule has 2 saturated carbocycles.